The number of nitrogens with zero attached hydrogens (tertiary/aromatic N) is 1. The number of aromatic nitrogens is 2. The summed E-state index contributed by atoms with van der Waals surface area (Å²) < 4.78 is 11.0. The average Bonchev–Trinajstić information content (AvgIpc) is 3.23. The number of ether oxygens (including phenoxy) is 1. The molecule has 0 atom stereocenters. The molecule has 0 fully saturated rings. The van der Waals surface area contributed by atoms with Crippen molar-refractivity contribution in [3.05, 3.63) is 82.2 Å². The highest BCUT2D eigenvalue weighted by atomic mass is 32.2. The average molecular weight is 399 g/mol. The number of aromatic amines is 1. The van der Waals surface area contributed by atoms with E-state index in [2.05, 4.69) is 22.1 Å². The third-order valence-electron chi connectivity index (χ3n) is 4.33. The van der Waals surface area contributed by atoms with Crippen molar-refractivity contribution in [3.63, 3.8) is 0 Å². The second kappa shape index (κ2) is 11.5. The summed E-state index contributed by atoms with van der Waals surface area (Å²) >= 11 is 1.60. The van der Waals surface area contributed by atoms with Crippen LogP contribution in [0.3, 0.4) is 0 Å². The van der Waals surface area contributed by atoms with E-state index >= 15 is 0 Å². The zero-order valence-electron chi connectivity index (χ0n) is 15.9. The lowest BCUT2D eigenvalue weighted by Crippen LogP contribution is -2.14. The quantitative estimate of drug-likeness (QED) is 0.269. The molecule has 28 heavy (non-hydrogen) atoms. The number of H-pyrrole nitrogens is 1. The van der Waals surface area contributed by atoms with Crippen molar-refractivity contribution in [1.82, 2.24) is 9.97 Å². The van der Waals surface area contributed by atoms with Crippen LogP contribution in [-0.2, 0) is 17.8 Å². The van der Waals surface area contributed by atoms with Crippen molar-refractivity contribution >= 4 is 11.8 Å². The molecule has 2 heterocycles. The van der Waals surface area contributed by atoms with E-state index in [0.29, 0.717) is 23.7 Å². The maximum absolute atomic E-state index is 12.1. The minimum Gasteiger partial charge on any atom is -0.469 e. The topological polar surface area (TPSA) is 68.1 Å². The first-order chi connectivity index (χ1) is 13.8. The second-order valence-corrected chi connectivity index (χ2v) is 7.68. The zero-order chi connectivity index (χ0) is 19.4. The van der Waals surface area contributed by atoms with Crippen LogP contribution in [-0.4, -0.2) is 22.3 Å². The van der Waals surface area contributed by atoms with Crippen LogP contribution in [0.5, 0.6) is 0 Å². The number of hydrogen-bond acceptors (Lipinski definition) is 5. The minimum absolute atomic E-state index is 0.0931. The van der Waals surface area contributed by atoms with Crippen LogP contribution in [0.4, 0.5) is 0 Å². The van der Waals surface area contributed by atoms with E-state index in [4.69, 9.17) is 9.15 Å². The van der Waals surface area contributed by atoms with Crippen molar-refractivity contribution in [3.8, 4) is 0 Å². The van der Waals surface area contributed by atoms with Gasteiger partial charge in [0.05, 0.1) is 12.9 Å². The van der Waals surface area contributed by atoms with Gasteiger partial charge in [-0.05, 0) is 30.5 Å². The van der Waals surface area contributed by atoms with E-state index in [1.807, 2.05) is 30.3 Å². The van der Waals surface area contributed by atoms with Gasteiger partial charge in [-0.1, -0.05) is 54.9 Å². The van der Waals surface area contributed by atoms with Crippen LogP contribution in [0.2, 0.25) is 0 Å². The van der Waals surface area contributed by atoms with E-state index < -0.39 is 0 Å². The largest absolute Gasteiger partial charge is 0.469 e. The lowest BCUT2D eigenvalue weighted by molar-refractivity contribution is 0.117. The van der Waals surface area contributed by atoms with Crippen molar-refractivity contribution in [2.45, 2.75) is 43.9 Å². The predicted molar refractivity (Wildman–Crippen MR) is 112 cm³/mol. The molecule has 0 bridgehead atoms. The Morgan fingerprint density at radius 2 is 1.89 bits per heavy atom. The molecule has 148 valence electrons. The summed E-state index contributed by atoms with van der Waals surface area (Å²) in [5, 5.41) is 0.680. The fraction of sp³-hybridized carbons (Fsp3) is 0.364. The Morgan fingerprint density at radius 3 is 2.68 bits per heavy atom. The molecule has 0 aliphatic heterocycles. The van der Waals surface area contributed by atoms with Gasteiger partial charge in [0.15, 0.2) is 5.16 Å². The molecule has 6 heteroatoms. The number of hydrogen-bond donors (Lipinski definition) is 1. The van der Waals surface area contributed by atoms with Crippen LogP contribution in [0, 0.1) is 0 Å². The molecule has 0 radical (unpaired) electrons. The van der Waals surface area contributed by atoms with Crippen molar-refractivity contribution in [2.75, 3.05) is 12.4 Å². The van der Waals surface area contributed by atoms with Gasteiger partial charge in [-0.15, -0.1) is 0 Å². The molecule has 0 saturated heterocycles. The standard InChI is InChI=1S/C22H26N2O3S/c25-21-19(15-20-11-8-13-27-20)16-23-22(24-21)28-14-7-2-1-6-12-26-17-18-9-4-3-5-10-18/h3-5,8-11,13,16H,1-2,6-7,12,14-15,17H2,(H,23,24,25). The van der Waals surface area contributed by atoms with E-state index in [1.54, 1.807) is 24.2 Å². The summed E-state index contributed by atoms with van der Waals surface area (Å²) in [6.45, 7) is 1.49. The molecule has 0 spiro atoms. The Balaban J connectivity index is 1.25. The highest BCUT2D eigenvalue weighted by molar-refractivity contribution is 7.99. The summed E-state index contributed by atoms with van der Waals surface area (Å²) in [5.41, 5.74) is 1.75. The predicted octanol–water partition coefficient (Wildman–Crippen LogP) is 4.82. The highest BCUT2D eigenvalue weighted by Gasteiger charge is 2.06. The normalized spacial score (nSPS) is 11.0. The highest BCUT2D eigenvalue weighted by Crippen LogP contribution is 2.15. The van der Waals surface area contributed by atoms with Gasteiger partial charge in [0.2, 0.25) is 0 Å². The molecule has 5 nitrogen and oxygen atoms in total. The Bertz CT molecular complexity index is 863. The van der Waals surface area contributed by atoms with Gasteiger partial charge in [0.25, 0.3) is 5.56 Å². The summed E-state index contributed by atoms with van der Waals surface area (Å²) in [5.74, 6) is 1.71. The number of nitrogens with one attached hydrogen (secondary N) is 1. The number of rotatable bonds is 12. The van der Waals surface area contributed by atoms with Gasteiger partial charge in [0, 0.05) is 30.5 Å². The molecule has 0 saturated carbocycles. The third kappa shape index (κ3) is 7.02. The first-order valence-electron chi connectivity index (χ1n) is 9.66. The summed E-state index contributed by atoms with van der Waals surface area (Å²) in [6.07, 6.45) is 8.20. The second-order valence-electron chi connectivity index (χ2n) is 6.60. The first-order valence-corrected chi connectivity index (χ1v) is 10.6. The van der Waals surface area contributed by atoms with Crippen molar-refractivity contribution in [2.24, 2.45) is 0 Å². The number of thioether (sulfide) groups is 1. The molecule has 3 aromatic rings. The maximum Gasteiger partial charge on any atom is 0.255 e. The Morgan fingerprint density at radius 1 is 1.04 bits per heavy atom. The molecule has 0 aliphatic carbocycles. The summed E-state index contributed by atoms with van der Waals surface area (Å²) in [6, 6.07) is 13.9. The Hall–Kier alpha value is -2.31. The number of unbranched alkanes of at least 4 members (excludes halogenated alkanes) is 3. The minimum atomic E-state index is -0.0931. The molecule has 2 aromatic heterocycles. The monoisotopic (exact) mass is 398 g/mol. The van der Waals surface area contributed by atoms with Gasteiger partial charge in [0.1, 0.15) is 5.76 Å². The van der Waals surface area contributed by atoms with Gasteiger partial charge < -0.3 is 14.1 Å². The van der Waals surface area contributed by atoms with Gasteiger partial charge in [-0.25, -0.2) is 4.98 Å². The fourth-order valence-corrected chi connectivity index (χ4v) is 3.63. The molecule has 0 amide bonds. The summed E-state index contributed by atoms with van der Waals surface area (Å²) in [4.78, 5) is 19.4. The lowest BCUT2D eigenvalue weighted by Gasteiger charge is -2.05. The smallest absolute Gasteiger partial charge is 0.255 e. The first kappa shape index (κ1) is 20.4. The molecule has 1 aromatic carbocycles. The van der Waals surface area contributed by atoms with Crippen LogP contribution < -0.4 is 5.56 Å². The number of furan rings is 1. The van der Waals surface area contributed by atoms with Crippen molar-refractivity contribution in [1.29, 1.82) is 0 Å². The zero-order valence-corrected chi connectivity index (χ0v) is 16.7. The van der Waals surface area contributed by atoms with Crippen molar-refractivity contribution < 1.29 is 9.15 Å². The molecule has 1 N–H and O–H groups in total. The van der Waals surface area contributed by atoms with E-state index in [1.165, 1.54) is 5.56 Å². The maximum atomic E-state index is 12.1. The van der Waals surface area contributed by atoms with Crippen LogP contribution in [0.25, 0.3) is 0 Å². The lowest BCUT2D eigenvalue weighted by atomic mass is 10.2. The Kier molecular flexibility index (Phi) is 8.40. The molecular weight excluding hydrogens is 372 g/mol. The van der Waals surface area contributed by atoms with Gasteiger partial charge in [-0.3, -0.25) is 4.79 Å². The van der Waals surface area contributed by atoms with Gasteiger partial charge in [-0.2, -0.15) is 0 Å². The summed E-state index contributed by atoms with van der Waals surface area (Å²) in [7, 11) is 0. The van der Waals surface area contributed by atoms with Crippen LogP contribution in [0.1, 0.15) is 42.6 Å². The van der Waals surface area contributed by atoms with E-state index in [0.717, 1.165) is 43.8 Å². The third-order valence-corrected chi connectivity index (χ3v) is 5.30. The van der Waals surface area contributed by atoms with Crippen LogP contribution >= 0.6 is 11.8 Å². The Labute approximate surface area is 169 Å². The molecule has 3 rings (SSSR count). The molecule has 0 aliphatic rings. The number of benzene rings is 1. The van der Waals surface area contributed by atoms with Crippen LogP contribution in [0.15, 0.2) is 69.3 Å². The molecule has 0 unspecified atom stereocenters. The SMILES string of the molecule is O=c1[nH]c(SCCCCCCOCc2ccccc2)ncc1Cc1ccco1. The molecular formula is C22H26N2O3S. The van der Waals surface area contributed by atoms with E-state index in [9.17, 15) is 4.79 Å². The van der Waals surface area contributed by atoms with E-state index in [-0.39, 0.29) is 5.56 Å². The fourth-order valence-electron chi connectivity index (χ4n) is 2.80. The van der Waals surface area contributed by atoms with Gasteiger partial charge >= 0.3 is 0 Å².